The largest absolute Gasteiger partial charge is 0.309 e. The Labute approximate surface area is 148 Å². The lowest BCUT2D eigenvalue weighted by molar-refractivity contribution is 0.415. The van der Waals surface area contributed by atoms with Crippen LogP contribution in [-0.2, 0) is 0 Å². The highest BCUT2D eigenvalue weighted by Crippen LogP contribution is 2.41. The van der Waals surface area contributed by atoms with Gasteiger partial charge in [0.1, 0.15) is 0 Å². The summed E-state index contributed by atoms with van der Waals surface area (Å²) >= 11 is 6.10. The van der Waals surface area contributed by atoms with Gasteiger partial charge in [0.05, 0.1) is 6.04 Å². The van der Waals surface area contributed by atoms with Crippen LogP contribution in [0.3, 0.4) is 0 Å². The van der Waals surface area contributed by atoms with Crippen molar-refractivity contribution in [2.75, 3.05) is 7.05 Å². The minimum Gasteiger partial charge on any atom is -0.309 e. The van der Waals surface area contributed by atoms with E-state index in [9.17, 15) is 0 Å². The molecule has 1 fully saturated rings. The first-order valence-corrected chi connectivity index (χ1v) is 9.29. The average Bonchev–Trinajstić information content (AvgIpc) is 2.43. The number of halogens is 2. The van der Waals surface area contributed by atoms with Crippen LogP contribution >= 0.6 is 38.5 Å². The smallest absolute Gasteiger partial charge is 0.0588 e. The van der Waals surface area contributed by atoms with E-state index in [4.69, 9.17) is 0 Å². The summed E-state index contributed by atoms with van der Waals surface area (Å²) in [4.78, 5) is 0. The number of hydrogen-bond acceptors (Lipinski definition) is 1. The summed E-state index contributed by atoms with van der Waals surface area (Å²) in [5.41, 5.74) is 4.26. The number of benzene rings is 2. The maximum absolute atomic E-state index is 3.72. The van der Waals surface area contributed by atoms with Crippen molar-refractivity contribution in [2.45, 2.75) is 31.2 Å². The Kier molecular flexibility index (Phi) is 5.02. The van der Waals surface area contributed by atoms with E-state index >= 15 is 0 Å². The van der Waals surface area contributed by atoms with E-state index < -0.39 is 0 Å². The SMILES string of the molecule is CNC(c1cc(I)ccc1Br)c1ccccc1C1CCC1. The summed E-state index contributed by atoms with van der Waals surface area (Å²) in [6.45, 7) is 0. The molecule has 1 saturated carbocycles. The fourth-order valence-electron chi connectivity index (χ4n) is 3.08. The number of nitrogens with one attached hydrogen (secondary N) is 1. The molecule has 3 heteroatoms. The minimum absolute atomic E-state index is 0.242. The van der Waals surface area contributed by atoms with E-state index in [0.717, 1.165) is 5.92 Å². The second-order valence-corrected chi connectivity index (χ2v) is 7.74. The zero-order valence-electron chi connectivity index (χ0n) is 12.1. The summed E-state index contributed by atoms with van der Waals surface area (Å²) in [5, 5.41) is 3.51. The van der Waals surface area contributed by atoms with Crippen molar-refractivity contribution in [3.05, 3.63) is 67.2 Å². The van der Waals surface area contributed by atoms with Crippen LogP contribution in [-0.4, -0.2) is 7.05 Å². The summed E-state index contributed by atoms with van der Waals surface area (Å²) < 4.78 is 2.44. The number of rotatable bonds is 4. The summed E-state index contributed by atoms with van der Waals surface area (Å²) in [6, 6.07) is 15.7. The molecule has 1 aliphatic carbocycles. The monoisotopic (exact) mass is 455 g/mol. The van der Waals surface area contributed by atoms with Crippen LogP contribution in [0.4, 0.5) is 0 Å². The first kappa shape index (κ1) is 15.5. The third-order valence-electron chi connectivity index (χ3n) is 4.41. The van der Waals surface area contributed by atoms with Crippen LogP contribution in [0.25, 0.3) is 0 Å². The molecule has 3 rings (SSSR count). The topological polar surface area (TPSA) is 12.0 Å². The van der Waals surface area contributed by atoms with E-state index in [1.165, 1.54) is 44.0 Å². The fraction of sp³-hybridized carbons (Fsp3) is 0.333. The van der Waals surface area contributed by atoms with Gasteiger partial charge in [-0.1, -0.05) is 46.6 Å². The summed E-state index contributed by atoms with van der Waals surface area (Å²) in [5.74, 6) is 0.749. The molecule has 0 saturated heterocycles. The molecule has 0 heterocycles. The van der Waals surface area contributed by atoms with Gasteiger partial charge in [0.2, 0.25) is 0 Å². The lowest BCUT2D eigenvalue weighted by Gasteiger charge is -2.31. The van der Waals surface area contributed by atoms with Crippen molar-refractivity contribution in [1.29, 1.82) is 0 Å². The van der Waals surface area contributed by atoms with Gasteiger partial charge in [0.25, 0.3) is 0 Å². The molecule has 0 aliphatic heterocycles. The highest BCUT2D eigenvalue weighted by atomic mass is 127. The van der Waals surface area contributed by atoms with Crippen LogP contribution in [0.1, 0.15) is 47.9 Å². The molecule has 2 aromatic carbocycles. The molecule has 1 unspecified atom stereocenters. The third kappa shape index (κ3) is 3.20. The first-order chi connectivity index (χ1) is 10.2. The first-order valence-electron chi connectivity index (χ1n) is 7.41. The van der Waals surface area contributed by atoms with Gasteiger partial charge < -0.3 is 5.32 Å². The van der Waals surface area contributed by atoms with Crippen LogP contribution in [0, 0.1) is 3.57 Å². The molecule has 21 heavy (non-hydrogen) atoms. The van der Waals surface area contributed by atoms with Crippen molar-refractivity contribution >= 4 is 38.5 Å². The summed E-state index contributed by atoms with van der Waals surface area (Å²) in [7, 11) is 2.05. The fourth-order valence-corrected chi connectivity index (χ4v) is 4.07. The highest BCUT2D eigenvalue weighted by molar-refractivity contribution is 14.1. The Morgan fingerprint density at radius 3 is 2.57 bits per heavy atom. The van der Waals surface area contributed by atoms with Crippen molar-refractivity contribution in [1.82, 2.24) is 5.32 Å². The second kappa shape index (κ2) is 6.80. The zero-order valence-corrected chi connectivity index (χ0v) is 15.8. The zero-order chi connectivity index (χ0) is 14.8. The quantitative estimate of drug-likeness (QED) is 0.589. The van der Waals surface area contributed by atoms with Gasteiger partial charge in [0.15, 0.2) is 0 Å². The van der Waals surface area contributed by atoms with Gasteiger partial charge in [0, 0.05) is 8.04 Å². The van der Waals surface area contributed by atoms with E-state index in [1.54, 1.807) is 0 Å². The second-order valence-electron chi connectivity index (χ2n) is 5.64. The molecule has 0 aromatic heterocycles. The Morgan fingerprint density at radius 2 is 1.90 bits per heavy atom. The van der Waals surface area contributed by atoms with Crippen molar-refractivity contribution in [2.24, 2.45) is 0 Å². The molecule has 2 aromatic rings. The van der Waals surface area contributed by atoms with Crippen molar-refractivity contribution in [3.63, 3.8) is 0 Å². The van der Waals surface area contributed by atoms with Crippen LogP contribution < -0.4 is 5.32 Å². The molecule has 0 amide bonds. The van der Waals surface area contributed by atoms with Gasteiger partial charge >= 0.3 is 0 Å². The minimum atomic E-state index is 0.242. The molecule has 1 atom stereocenters. The van der Waals surface area contributed by atoms with Gasteiger partial charge in [-0.05, 0) is 83.3 Å². The molecule has 1 nitrogen and oxygen atoms in total. The normalized spacial score (nSPS) is 16.5. The molecule has 1 aliphatic rings. The van der Waals surface area contributed by atoms with Crippen LogP contribution in [0.2, 0.25) is 0 Å². The Morgan fingerprint density at radius 1 is 1.14 bits per heavy atom. The highest BCUT2D eigenvalue weighted by Gasteiger charge is 2.25. The number of hydrogen-bond donors (Lipinski definition) is 1. The van der Waals surface area contributed by atoms with Crippen LogP contribution in [0.15, 0.2) is 46.9 Å². The molecule has 1 N–H and O–H groups in total. The van der Waals surface area contributed by atoms with E-state index in [0.29, 0.717) is 0 Å². The van der Waals surface area contributed by atoms with E-state index in [2.05, 4.69) is 93.3 Å². The average molecular weight is 456 g/mol. The lowest BCUT2D eigenvalue weighted by atomic mass is 9.76. The standard InChI is InChI=1S/C18H19BrIN/c1-21-18(16-11-13(20)9-10-17(16)19)15-8-3-2-7-14(15)12-5-4-6-12/h2-3,7-12,18,21H,4-6H2,1H3. The van der Waals surface area contributed by atoms with Gasteiger partial charge in [-0.3, -0.25) is 0 Å². The maximum atomic E-state index is 3.72. The molecule has 0 bridgehead atoms. The van der Waals surface area contributed by atoms with E-state index in [1.807, 2.05) is 0 Å². The van der Waals surface area contributed by atoms with E-state index in [-0.39, 0.29) is 6.04 Å². The predicted molar refractivity (Wildman–Crippen MR) is 101 cm³/mol. The predicted octanol–water partition coefficient (Wildman–Crippen LogP) is 5.63. The van der Waals surface area contributed by atoms with Crippen molar-refractivity contribution < 1.29 is 0 Å². The molecule has 0 spiro atoms. The molecule has 0 radical (unpaired) electrons. The third-order valence-corrected chi connectivity index (χ3v) is 5.80. The Hall–Kier alpha value is -0.390. The lowest BCUT2D eigenvalue weighted by Crippen LogP contribution is -2.22. The Bertz CT molecular complexity index is 637. The maximum Gasteiger partial charge on any atom is 0.0588 e. The summed E-state index contributed by atoms with van der Waals surface area (Å²) in [6.07, 6.45) is 4.04. The van der Waals surface area contributed by atoms with Gasteiger partial charge in [-0.15, -0.1) is 0 Å². The molecule has 110 valence electrons. The Balaban J connectivity index is 2.06. The molecular weight excluding hydrogens is 437 g/mol. The van der Waals surface area contributed by atoms with Crippen molar-refractivity contribution in [3.8, 4) is 0 Å². The van der Waals surface area contributed by atoms with Crippen LogP contribution in [0.5, 0.6) is 0 Å². The van der Waals surface area contributed by atoms with Gasteiger partial charge in [-0.2, -0.15) is 0 Å². The molecular formula is C18H19BrIN. The van der Waals surface area contributed by atoms with Gasteiger partial charge in [-0.25, -0.2) is 0 Å².